The molecule has 0 aliphatic heterocycles. The summed E-state index contributed by atoms with van der Waals surface area (Å²) in [5, 5.41) is 4.11. The third-order valence-electron chi connectivity index (χ3n) is 4.10. The molecule has 0 saturated heterocycles. The van der Waals surface area contributed by atoms with E-state index in [2.05, 4.69) is 33.4 Å². The number of rotatable bonds is 8. The molecule has 0 unspecified atom stereocenters. The first kappa shape index (κ1) is 17.4. The molecule has 1 amide bonds. The monoisotopic (exact) mass is 353 g/mol. The lowest BCUT2D eigenvalue weighted by Crippen LogP contribution is -2.32. The molecule has 130 valence electrons. The Kier molecular flexibility index (Phi) is 6.01. The fourth-order valence-corrected chi connectivity index (χ4v) is 3.70. The molecule has 5 heteroatoms. The molecule has 0 saturated carbocycles. The van der Waals surface area contributed by atoms with E-state index < -0.39 is 0 Å². The molecule has 1 heterocycles. The quantitative estimate of drug-likeness (QED) is 0.669. The van der Waals surface area contributed by atoms with Gasteiger partial charge in [0.25, 0.3) is 0 Å². The number of fused-ring (bicyclic) bond motifs is 1. The van der Waals surface area contributed by atoms with Crippen LogP contribution in [0.25, 0.3) is 10.2 Å². The van der Waals surface area contributed by atoms with Crippen LogP contribution in [0.3, 0.4) is 0 Å². The van der Waals surface area contributed by atoms with Crippen LogP contribution in [0.15, 0.2) is 54.6 Å². The van der Waals surface area contributed by atoms with Gasteiger partial charge in [-0.25, -0.2) is 4.98 Å². The van der Waals surface area contributed by atoms with Crippen molar-refractivity contribution in [3.8, 4) is 0 Å². The summed E-state index contributed by atoms with van der Waals surface area (Å²) in [4.78, 5) is 18.7. The highest BCUT2D eigenvalue weighted by atomic mass is 32.1. The van der Waals surface area contributed by atoms with Crippen LogP contribution in [0.1, 0.15) is 17.8 Å². The zero-order chi connectivity index (χ0) is 17.5. The van der Waals surface area contributed by atoms with Gasteiger partial charge in [-0.05, 0) is 37.1 Å². The second-order valence-electron chi connectivity index (χ2n) is 6.04. The average Bonchev–Trinajstić information content (AvgIpc) is 3.05. The molecule has 0 fully saturated rings. The zero-order valence-electron chi connectivity index (χ0n) is 14.4. The highest BCUT2D eigenvalue weighted by Gasteiger charge is 2.06. The minimum Gasteiger partial charge on any atom is -0.373 e. The van der Waals surface area contributed by atoms with Crippen molar-refractivity contribution >= 4 is 33.1 Å². The van der Waals surface area contributed by atoms with Gasteiger partial charge in [-0.15, -0.1) is 11.3 Å². The standard InChI is InChI=1S/C20H23N3OS/c1-23(16-8-3-2-4-9-16)15-14-21-19(24)12-7-13-20-22-17-10-5-6-11-18(17)25-20/h2-6,8-11H,7,12-15H2,1H3,(H,21,24). The molecule has 0 atom stereocenters. The number of carbonyl (C=O) groups is 1. The van der Waals surface area contributed by atoms with Gasteiger partial charge in [0, 0.05) is 32.2 Å². The third-order valence-corrected chi connectivity index (χ3v) is 5.20. The van der Waals surface area contributed by atoms with Crippen LogP contribution in [0, 0.1) is 0 Å². The van der Waals surface area contributed by atoms with Crippen molar-refractivity contribution in [2.45, 2.75) is 19.3 Å². The predicted octanol–water partition coefficient (Wildman–Crippen LogP) is 3.87. The number of nitrogens with zero attached hydrogens (tertiary/aromatic N) is 2. The van der Waals surface area contributed by atoms with Crippen molar-refractivity contribution in [3.05, 3.63) is 59.6 Å². The van der Waals surface area contributed by atoms with Gasteiger partial charge >= 0.3 is 0 Å². The summed E-state index contributed by atoms with van der Waals surface area (Å²) < 4.78 is 1.21. The topological polar surface area (TPSA) is 45.2 Å². The highest BCUT2D eigenvalue weighted by molar-refractivity contribution is 7.18. The third kappa shape index (κ3) is 5.03. The molecular weight excluding hydrogens is 330 g/mol. The van der Waals surface area contributed by atoms with Crippen molar-refractivity contribution in [2.75, 3.05) is 25.0 Å². The molecule has 2 aromatic carbocycles. The maximum Gasteiger partial charge on any atom is 0.220 e. The van der Waals surface area contributed by atoms with Gasteiger partial charge in [0.05, 0.1) is 15.2 Å². The Morgan fingerprint density at radius 3 is 2.68 bits per heavy atom. The van der Waals surface area contributed by atoms with Gasteiger partial charge in [-0.1, -0.05) is 30.3 Å². The summed E-state index contributed by atoms with van der Waals surface area (Å²) in [7, 11) is 2.04. The van der Waals surface area contributed by atoms with Gasteiger partial charge in [0.2, 0.25) is 5.91 Å². The molecule has 0 radical (unpaired) electrons. The summed E-state index contributed by atoms with van der Waals surface area (Å²) in [6.07, 6.45) is 2.24. The van der Waals surface area contributed by atoms with Crippen LogP contribution in [0.5, 0.6) is 0 Å². The van der Waals surface area contributed by atoms with Crippen molar-refractivity contribution in [3.63, 3.8) is 0 Å². The van der Waals surface area contributed by atoms with Gasteiger partial charge < -0.3 is 10.2 Å². The molecule has 1 aromatic heterocycles. The summed E-state index contributed by atoms with van der Waals surface area (Å²) in [5.41, 5.74) is 2.21. The number of thiazole rings is 1. The van der Waals surface area contributed by atoms with E-state index in [1.54, 1.807) is 11.3 Å². The van der Waals surface area contributed by atoms with E-state index in [1.165, 1.54) is 4.70 Å². The molecule has 3 aromatic rings. The fourth-order valence-electron chi connectivity index (χ4n) is 2.69. The van der Waals surface area contributed by atoms with E-state index in [9.17, 15) is 4.79 Å². The molecule has 0 aliphatic rings. The van der Waals surface area contributed by atoms with Crippen LogP contribution < -0.4 is 10.2 Å². The van der Waals surface area contributed by atoms with Crippen molar-refractivity contribution < 1.29 is 4.79 Å². The first-order valence-corrected chi connectivity index (χ1v) is 9.41. The molecule has 0 aliphatic carbocycles. The average molecular weight is 353 g/mol. The number of anilines is 1. The van der Waals surface area contributed by atoms with E-state index in [4.69, 9.17) is 0 Å². The van der Waals surface area contributed by atoms with Crippen LogP contribution >= 0.6 is 11.3 Å². The Morgan fingerprint density at radius 1 is 1.12 bits per heavy atom. The Balaban J connectivity index is 1.35. The molecule has 1 N–H and O–H groups in total. The Hall–Kier alpha value is -2.40. The predicted molar refractivity (Wildman–Crippen MR) is 105 cm³/mol. The first-order valence-electron chi connectivity index (χ1n) is 8.60. The first-order chi connectivity index (χ1) is 12.2. The van der Waals surface area contributed by atoms with Crippen molar-refractivity contribution in [1.82, 2.24) is 10.3 Å². The number of hydrogen-bond donors (Lipinski definition) is 1. The van der Waals surface area contributed by atoms with Crippen LogP contribution in [0.2, 0.25) is 0 Å². The zero-order valence-corrected chi connectivity index (χ0v) is 15.3. The molecule has 0 spiro atoms. The molecule has 0 bridgehead atoms. The van der Waals surface area contributed by atoms with Crippen LogP contribution in [-0.2, 0) is 11.2 Å². The summed E-state index contributed by atoms with van der Waals surface area (Å²) >= 11 is 1.72. The van der Waals surface area contributed by atoms with E-state index in [-0.39, 0.29) is 5.91 Å². The molecular formula is C20H23N3OS. The molecule has 3 rings (SSSR count). The van der Waals surface area contributed by atoms with Gasteiger partial charge in [-0.3, -0.25) is 4.79 Å². The lowest BCUT2D eigenvalue weighted by Gasteiger charge is -2.19. The number of likely N-dealkylation sites (N-methyl/N-ethyl adjacent to an activating group) is 1. The minimum atomic E-state index is 0.113. The highest BCUT2D eigenvalue weighted by Crippen LogP contribution is 2.22. The van der Waals surface area contributed by atoms with Gasteiger partial charge in [0.1, 0.15) is 0 Å². The minimum absolute atomic E-state index is 0.113. The normalized spacial score (nSPS) is 10.8. The molecule has 25 heavy (non-hydrogen) atoms. The maximum absolute atomic E-state index is 12.0. The Morgan fingerprint density at radius 2 is 1.88 bits per heavy atom. The number of aryl methyl sites for hydroxylation is 1. The van der Waals surface area contributed by atoms with Crippen molar-refractivity contribution in [1.29, 1.82) is 0 Å². The number of hydrogen-bond acceptors (Lipinski definition) is 4. The lowest BCUT2D eigenvalue weighted by atomic mass is 10.2. The van der Waals surface area contributed by atoms with E-state index in [0.717, 1.165) is 35.6 Å². The Bertz CT molecular complexity index is 783. The molecule has 4 nitrogen and oxygen atoms in total. The second kappa shape index (κ2) is 8.62. The fraction of sp³-hybridized carbons (Fsp3) is 0.300. The summed E-state index contributed by atoms with van der Waals surface area (Å²) in [6, 6.07) is 18.3. The smallest absolute Gasteiger partial charge is 0.220 e. The number of para-hydroxylation sites is 2. The van der Waals surface area contributed by atoms with Crippen LogP contribution in [-0.4, -0.2) is 31.0 Å². The number of benzene rings is 2. The number of carbonyl (C=O) groups excluding carboxylic acids is 1. The number of amides is 1. The van der Waals surface area contributed by atoms with Gasteiger partial charge in [0.15, 0.2) is 0 Å². The lowest BCUT2D eigenvalue weighted by molar-refractivity contribution is -0.121. The SMILES string of the molecule is CN(CCNC(=O)CCCc1nc2ccccc2s1)c1ccccc1. The van der Waals surface area contributed by atoms with Crippen molar-refractivity contribution in [2.24, 2.45) is 0 Å². The van der Waals surface area contributed by atoms with E-state index in [1.807, 2.05) is 43.4 Å². The van der Waals surface area contributed by atoms with Crippen LogP contribution in [0.4, 0.5) is 5.69 Å². The maximum atomic E-state index is 12.0. The largest absolute Gasteiger partial charge is 0.373 e. The summed E-state index contributed by atoms with van der Waals surface area (Å²) in [6.45, 7) is 1.46. The second-order valence-corrected chi connectivity index (χ2v) is 7.15. The van der Waals surface area contributed by atoms with E-state index >= 15 is 0 Å². The van der Waals surface area contributed by atoms with Gasteiger partial charge in [-0.2, -0.15) is 0 Å². The summed E-state index contributed by atoms with van der Waals surface area (Å²) in [5.74, 6) is 0.113. The number of nitrogens with one attached hydrogen (secondary N) is 1. The number of aromatic nitrogens is 1. The Labute approximate surface area is 152 Å². The van der Waals surface area contributed by atoms with E-state index in [0.29, 0.717) is 13.0 Å².